The van der Waals surface area contributed by atoms with Crippen LogP contribution in [0.5, 0.6) is 0 Å². The van der Waals surface area contributed by atoms with Gasteiger partial charge in [-0.25, -0.2) is 4.39 Å². The maximum Gasteiger partial charge on any atom is 0.253 e. The van der Waals surface area contributed by atoms with E-state index in [-0.39, 0.29) is 10.9 Å². The summed E-state index contributed by atoms with van der Waals surface area (Å²) in [5.74, 6) is 0.233. The van der Waals surface area contributed by atoms with Crippen LogP contribution in [0.3, 0.4) is 0 Å². The predicted molar refractivity (Wildman–Crippen MR) is 81.1 cm³/mol. The largest absolute Gasteiger partial charge is 0.339 e. The molecule has 5 heteroatoms. The Morgan fingerprint density at radius 1 is 1.29 bits per heavy atom. The van der Waals surface area contributed by atoms with Gasteiger partial charge in [0, 0.05) is 24.7 Å². The van der Waals surface area contributed by atoms with Crippen molar-refractivity contribution in [1.82, 2.24) is 10.2 Å². The monoisotopic (exact) mass is 310 g/mol. The third-order valence-electron chi connectivity index (χ3n) is 4.34. The SMILES string of the molecule is O=C(c1ccc(Cl)c(F)c1)N1CCC(NCC2CC2)CC1. The normalized spacial score (nSPS) is 19.8. The molecule has 1 aromatic rings. The van der Waals surface area contributed by atoms with E-state index in [9.17, 15) is 9.18 Å². The van der Waals surface area contributed by atoms with Crippen molar-refractivity contribution in [2.24, 2.45) is 5.92 Å². The van der Waals surface area contributed by atoms with Crippen LogP contribution >= 0.6 is 11.6 Å². The van der Waals surface area contributed by atoms with Crippen LogP contribution < -0.4 is 5.32 Å². The minimum Gasteiger partial charge on any atom is -0.339 e. The van der Waals surface area contributed by atoms with E-state index in [1.54, 1.807) is 11.0 Å². The van der Waals surface area contributed by atoms with E-state index in [0.29, 0.717) is 11.6 Å². The van der Waals surface area contributed by atoms with Crippen molar-refractivity contribution in [3.05, 3.63) is 34.6 Å². The number of likely N-dealkylation sites (tertiary alicyclic amines) is 1. The number of nitrogens with one attached hydrogen (secondary N) is 1. The molecule has 0 bridgehead atoms. The molecular weight excluding hydrogens is 291 g/mol. The molecule has 1 aliphatic heterocycles. The lowest BCUT2D eigenvalue weighted by Gasteiger charge is -2.32. The van der Waals surface area contributed by atoms with Crippen LogP contribution in [0.25, 0.3) is 0 Å². The number of rotatable bonds is 4. The second-order valence-corrected chi connectivity index (χ2v) is 6.45. The number of amides is 1. The summed E-state index contributed by atoms with van der Waals surface area (Å²) in [4.78, 5) is 14.1. The third kappa shape index (κ3) is 3.74. The molecule has 0 atom stereocenters. The lowest BCUT2D eigenvalue weighted by Crippen LogP contribution is -2.45. The summed E-state index contributed by atoms with van der Waals surface area (Å²) >= 11 is 5.65. The highest BCUT2D eigenvalue weighted by molar-refractivity contribution is 6.30. The highest BCUT2D eigenvalue weighted by atomic mass is 35.5. The van der Waals surface area contributed by atoms with Crippen LogP contribution in [0.2, 0.25) is 5.02 Å². The van der Waals surface area contributed by atoms with E-state index in [2.05, 4.69) is 5.32 Å². The molecule has 3 rings (SSSR count). The highest BCUT2D eigenvalue weighted by Gasteiger charge is 2.26. The minimum atomic E-state index is -0.538. The third-order valence-corrected chi connectivity index (χ3v) is 4.65. The second kappa shape index (κ2) is 6.32. The van der Waals surface area contributed by atoms with Crippen LogP contribution in [0, 0.1) is 11.7 Å². The number of piperidine rings is 1. The number of nitrogens with zero attached hydrogens (tertiary/aromatic N) is 1. The molecule has 1 aliphatic carbocycles. The molecule has 21 heavy (non-hydrogen) atoms. The Kier molecular flexibility index (Phi) is 4.45. The van der Waals surface area contributed by atoms with Gasteiger partial charge < -0.3 is 10.2 Å². The quantitative estimate of drug-likeness (QED) is 0.927. The van der Waals surface area contributed by atoms with Gasteiger partial charge in [0.25, 0.3) is 5.91 Å². The van der Waals surface area contributed by atoms with Crippen LogP contribution in [0.15, 0.2) is 18.2 Å². The van der Waals surface area contributed by atoms with Crippen molar-refractivity contribution < 1.29 is 9.18 Å². The fraction of sp³-hybridized carbons (Fsp3) is 0.562. The molecule has 2 fully saturated rings. The van der Waals surface area contributed by atoms with Gasteiger partial charge in [0.15, 0.2) is 0 Å². The van der Waals surface area contributed by atoms with Crippen LogP contribution in [-0.2, 0) is 0 Å². The van der Waals surface area contributed by atoms with E-state index in [1.165, 1.54) is 25.0 Å². The first kappa shape index (κ1) is 14.8. The summed E-state index contributed by atoms with van der Waals surface area (Å²) < 4.78 is 13.4. The maximum atomic E-state index is 13.4. The zero-order valence-corrected chi connectivity index (χ0v) is 12.7. The lowest BCUT2D eigenvalue weighted by molar-refractivity contribution is 0.0704. The molecule has 0 spiro atoms. The first-order chi connectivity index (χ1) is 10.1. The Hall–Kier alpha value is -1.13. The Labute approximate surface area is 129 Å². The molecule has 1 heterocycles. The summed E-state index contributed by atoms with van der Waals surface area (Å²) in [5.41, 5.74) is 0.376. The summed E-state index contributed by atoms with van der Waals surface area (Å²) in [6.07, 6.45) is 4.64. The van der Waals surface area contributed by atoms with Crippen molar-refractivity contribution in [3.8, 4) is 0 Å². The fourth-order valence-corrected chi connectivity index (χ4v) is 2.87. The second-order valence-electron chi connectivity index (χ2n) is 6.05. The number of carbonyl (C=O) groups excluding carboxylic acids is 1. The van der Waals surface area contributed by atoms with Gasteiger partial charge in [0.2, 0.25) is 0 Å². The molecule has 0 radical (unpaired) electrons. The number of carbonyl (C=O) groups is 1. The Morgan fingerprint density at radius 3 is 2.62 bits per heavy atom. The van der Waals surface area contributed by atoms with E-state index in [1.807, 2.05) is 0 Å². The van der Waals surface area contributed by atoms with E-state index in [4.69, 9.17) is 11.6 Å². The summed E-state index contributed by atoms with van der Waals surface area (Å²) in [5, 5.41) is 3.63. The average molecular weight is 311 g/mol. The summed E-state index contributed by atoms with van der Waals surface area (Å²) in [6.45, 7) is 2.57. The smallest absolute Gasteiger partial charge is 0.253 e. The molecule has 0 aromatic heterocycles. The Balaban J connectivity index is 1.52. The zero-order valence-electron chi connectivity index (χ0n) is 11.9. The molecule has 114 valence electrons. The van der Waals surface area contributed by atoms with Crippen molar-refractivity contribution in [2.45, 2.75) is 31.7 Å². The molecular formula is C16H20ClFN2O. The number of halogens is 2. The lowest BCUT2D eigenvalue weighted by atomic mass is 10.0. The zero-order chi connectivity index (χ0) is 14.8. The van der Waals surface area contributed by atoms with Crippen molar-refractivity contribution in [1.29, 1.82) is 0 Å². The Morgan fingerprint density at radius 2 is 2.00 bits per heavy atom. The van der Waals surface area contributed by atoms with Gasteiger partial charge >= 0.3 is 0 Å². The summed E-state index contributed by atoms with van der Waals surface area (Å²) in [7, 11) is 0. The van der Waals surface area contributed by atoms with Gasteiger partial charge in [-0.2, -0.15) is 0 Å². The van der Waals surface area contributed by atoms with Crippen molar-refractivity contribution >= 4 is 17.5 Å². The van der Waals surface area contributed by atoms with Crippen LogP contribution in [-0.4, -0.2) is 36.5 Å². The standard InChI is InChI=1S/C16H20ClFN2O/c17-14-4-3-12(9-15(14)18)16(21)20-7-5-13(6-8-20)19-10-11-1-2-11/h3-4,9,11,13,19H,1-2,5-8,10H2. The van der Waals surface area contributed by atoms with Crippen LogP contribution in [0.1, 0.15) is 36.0 Å². The number of hydrogen-bond acceptors (Lipinski definition) is 2. The van der Waals surface area contributed by atoms with E-state index >= 15 is 0 Å². The van der Waals surface area contributed by atoms with Gasteiger partial charge in [-0.3, -0.25) is 4.79 Å². The van der Waals surface area contributed by atoms with Crippen molar-refractivity contribution in [3.63, 3.8) is 0 Å². The summed E-state index contributed by atoms with van der Waals surface area (Å²) in [6, 6.07) is 4.76. The number of hydrogen-bond donors (Lipinski definition) is 1. The molecule has 1 saturated heterocycles. The van der Waals surface area contributed by atoms with Gasteiger partial charge in [-0.1, -0.05) is 11.6 Å². The molecule has 3 nitrogen and oxygen atoms in total. The van der Waals surface area contributed by atoms with E-state index in [0.717, 1.165) is 38.4 Å². The molecule has 2 aliphatic rings. The van der Waals surface area contributed by atoms with E-state index < -0.39 is 5.82 Å². The maximum absolute atomic E-state index is 13.4. The fourth-order valence-electron chi connectivity index (χ4n) is 2.75. The van der Waals surface area contributed by atoms with Gasteiger partial charge in [0.05, 0.1) is 5.02 Å². The van der Waals surface area contributed by atoms with Crippen molar-refractivity contribution in [2.75, 3.05) is 19.6 Å². The molecule has 1 saturated carbocycles. The molecule has 1 N–H and O–H groups in total. The van der Waals surface area contributed by atoms with Gasteiger partial charge in [0.1, 0.15) is 5.82 Å². The first-order valence-corrected chi connectivity index (χ1v) is 7.99. The number of benzene rings is 1. The highest BCUT2D eigenvalue weighted by Crippen LogP contribution is 2.28. The Bertz CT molecular complexity index is 525. The predicted octanol–water partition coefficient (Wildman–Crippen LogP) is 3.08. The molecule has 1 amide bonds. The minimum absolute atomic E-state index is 0.0505. The van der Waals surface area contributed by atoms with Gasteiger partial charge in [-0.05, 0) is 56.3 Å². The molecule has 1 aromatic carbocycles. The van der Waals surface area contributed by atoms with Crippen LogP contribution in [0.4, 0.5) is 4.39 Å². The molecule has 0 unspecified atom stereocenters. The average Bonchev–Trinajstić information content (AvgIpc) is 3.32. The topological polar surface area (TPSA) is 32.3 Å². The van der Waals surface area contributed by atoms with Gasteiger partial charge in [-0.15, -0.1) is 0 Å². The first-order valence-electron chi connectivity index (χ1n) is 7.61.